The summed E-state index contributed by atoms with van der Waals surface area (Å²) < 4.78 is 27.2. The third kappa shape index (κ3) is 4.73. The largest absolute Gasteiger partial charge is 0.389 e. The van der Waals surface area contributed by atoms with Crippen LogP contribution >= 0.6 is 24.0 Å². The van der Waals surface area contributed by atoms with E-state index < -0.39 is 10.0 Å². The summed E-state index contributed by atoms with van der Waals surface area (Å²) in [4.78, 5) is 0.513. The van der Waals surface area contributed by atoms with Crippen molar-refractivity contribution in [2.24, 2.45) is 5.73 Å². The Morgan fingerprint density at radius 1 is 1.50 bits per heavy atom. The molecule has 0 heterocycles. The van der Waals surface area contributed by atoms with Crippen molar-refractivity contribution < 1.29 is 8.42 Å². The zero-order chi connectivity index (χ0) is 15.3. The zero-order valence-electron chi connectivity index (χ0n) is 11.8. The van der Waals surface area contributed by atoms with Crippen LogP contribution in [0.15, 0.2) is 23.1 Å². The van der Waals surface area contributed by atoms with E-state index in [1.54, 1.807) is 30.8 Å². The van der Waals surface area contributed by atoms with Gasteiger partial charge in [-0.2, -0.15) is 11.8 Å². The molecule has 0 aliphatic heterocycles. The number of rotatable bonds is 7. The lowest BCUT2D eigenvalue weighted by Crippen LogP contribution is -2.33. The van der Waals surface area contributed by atoms with E-state index in [2.05, 4.69) is 4.72 Å². The fraction of sp³-hybridized carbons (Fsp3) is 0.462. The first kappa shape index (κ1) is 17.4. The number of thiocarbonyl (C=S) groups is 1. The predicted octanol–water partition coefficient (Wildman–Crippen LogP) is 2.05. The Morgan fingerprint density at radius 2 is 2.15 bits per heavy atom. The first-order chi connectivity index (χ1) is 9.27. The van der Waals surface area contributed by atoms with E-state index in [1.807, 2.05) is 13.2 Å². The molecule has 20 heavy (non-hydrogen) atoms. The quantitative estimate of drug-likeness (QED) is 0.748. The highest BCUT2D eigenvalue weighted by Crippen LogP contribution is 2.16. The van der Waals surface area contributed by atoms with E-state index >= 15 is 0 Å². The molecule has 0 bridgehead atoms. The Labute approximate surface area is 130 Å². The average Bonchev–Trinajstić information content (AvgIpc) is 2.35. The van der Waals surface area contributed by atoms with Gasteiger partial charge in [-0.1, -0.05) is 18.3 Å². The summed E-state index contributed by atoms with van der Waals surface area (Å²) in [6.45, 7) is 3.66. The maximum absolute atomic E-state index is 12.3. The van der Waals surface area contributed by atoms with Gasteiger partial charge < -0.3 is 5.73 Å². The van der Waals surface area contributed by atoms with Gasteiger partial charge in [0.1, 0.15) is 4.99 Å². The number of thioether (sulfide) groups is 1. The maximum Gasteiger partial charge on any atom is 0.240 e. The van der Waals surface area contributed by atoms with E-state index in [4.69, 9.17) is 18.0 Å². The molecule has 4 nitrogen and oxygen atoms in total. The minimum atomic E-state index is -3.50. The second-order valence-electron chi connectivity index (χ2n) is 4.64. The van der Waals surface area contributed by atoms with Crippen molar-refractivity contribution in [1.82, 2.24) is 4.72 Å². The van der Waals surface area contributed by atoms with Crippen molar-refractivity contribution in [3.63, 3.8) is 0 Å². The molecular weight excluding hydrogens is 312 g/mol. The Morgan fingerprint density at radius 3 is 2.65 bits per heavy atom. The summed E-state index contributed by atoms with van der Waals surface area (Å²) in [5.74, 6) is 0.920. The molecule has 112 valence electrons. The number of sulfonamides is 1. The van der Waals surface area contributed by atoms with Crippen LogP contribution in [0.4, 0.5) is 0 Å². The summed E-state index contributed by atoms with van der Waals surface area (Å²) in [6.07, 6.45) is 2.80. The van der Waals surface area contributed by atoms with E-state index in [9.17, 15) is 8.42 Å². The molecule has 0 fully saturated rings. The van der Waals surface area contributed by atoms with Gasteiger partial charge in [0.2, 0.25) is 10.0 Å². The van der Waals surface area contributed by atoms with Gasteiger partial charge in [0.25, 0.3) is 0 Å². The van der Waals surface area contributed by atoms with Crippen LogP contribution in [0.25, 0.3) is 0 Å². The Balaban J connectivity index is 2.93. The minimum Gasteiger partial charge on any atom is -0.389 e. The highest BCUT2D eigenvalue weighted by molar-refractivity contribution is 7.98. The van der Waals surface area contributed by atoms with Crippen molar-refractivity contribution in [3.05, 3.63) is 29.3 Å². The second-order valence-corrected chi connectivity index (χ2v) is 7.78. The van der Waals surface area contributed by atoms with Crippen molar-refractivity contribution in [3.8, 4) is 0 Å². The molecule has 0 amide bonds. The first-order valence-electron chi connectivity index (χ1n) is 6.19. The summed E-state index contributed by atoms with van der Waals surface area (Å²) in [6, 6.07) is 4.69. The lowest BCUT2D eigenvalue weighted by atomic mass is 10.1. The fourth-order valence-corrected chi connectivity index (χ4v) is 3.95. The third-order valence-electron chi connectivity index (χ3n) is 2.88. The summed E-state index contributed by atoms with van der Waals surface area (Å²) in [7, 11) is -3.50. The molecule has 1 aromatic carbocycles. The molecule has 3 N–H and O–H groups in total. The Bertz CT molecular complexity index is 585. The predicted molar refractivity (Wildman–Crippen MR) is 89.8 cm³/mol. The Kier molecular flexibility index (Phi) is 6.44. The van der Waals surface area contributed by atoms with E-state index in [-0.39, 0.29) is 15.9 Å². The standard InChI is InChI=1S/C13H20N2O2S3/c1-9-8-11(4-5-12(9)13(14)18)20(16,17)15-10(2)6-7-19-3/h4-5,8,10,15H,6-7H2,1-3H3,(H2,14,18). The molecule has 1 rings (SSSR count). The molecule has 1 atom stereocenters. The van der Waals surface area contributed by atoms with Gasteiger partial charge in [0.05, 0.1) is 4.90 Å². The average molecular weight is 333 g/mol. The van der Waals surface area contributed by atoms with Gasteiger partial charge >= 0.3 is 0 Å². The molecular formula is C13H20N2O2S3. The number of nitrogens with two attached hydrogens (primary N) is 1. The molecule has 0 aromatic heterocycles. The van der Waals surface area contributed by atoms with Gasteiger partial charge in [-0.05, 0) is 50.0 Å². The molecule has 0 spiro atoms. The van der Waals surface area contributed by atoms with Crippen LogP contribution in [0.1, 0.15) is 24.5 Å². The van der Waals surface area contributed by atoms with E-state index in [0.717, 1.165) is 17.7 Å². The second kappa shape index (κ2) is 7.40. The number of aryl methyl sites for hydroxylation is 1. The van der Waals surface area contributed by atoms with Gasteiger partial charge in [0, 0.05) is 11.6 Å². The number of hydrogen-bond acceptors (Lipinski definition) is 4. The molecule has 0 saturated carbocycles. The first-order valence-corrected chi connectivity index (χ1v) is 9.48. The third-order valence-corrected chi connectivity index (χ3v) is 5.34. The van der Waals surface area contributed by atoms with Crippen molar-refractivity contribution in [2.45, 2.75) is 31.2 Å². The van der Waals surface area contributed by atoms with Gasteiger partial charge in [-0.25, -0.2) is 13.1 Å². The minimum absolute atomic E-state index is 0.0944. The van der Waals surface area contributed by atoms with Crippen molar-refractivity contribution in [1.29, 1.82) is 0 Å². The van der Waals surface area contributed by atoms with Gasteiger partial charge in [-0.15, -0.1) is 0 Å². The van der Waals surface area contributed by atoms with Gasteiger partial charge in [0.15, 0.2) is 0 Å². The fourth-order valence-electron chi connectivity index (χ4n) is 1.77. The smallest absolute Gasteiger partial charge is 0.240 e. The molecule has 0 aliphatic carbocycles. The van der Waals surface area contributed by atoms with Crippen molar-refractivity contribution >= 4 is 39.0 Å². The van der Waals surface area contributed by atoms with Crippen LogP contribution in [-0.4, -0.2) is 31.5 Å². The van der Waals surface area contributed by atoms with Crippen molar-refractivity contribution in [2.75, 3.05) is 12.0 Å². The molecule has 0 radical (unpaired) electrons. The summed E-state index contributed by atoms with van der Waals surface area (Å²) >= 11 is 6.61. The van der Waals surface area contributed by atoms with Crippen LogP contribution in [-0.2, 0) is 10.0 Å². The van der Waals surface area contributed by atoms with E-state index in [0.29, 0.717) is 5.56 Å². The van der Waals surface area contributed by atoms with Crippen LogP contribution < -0.4 is 10.5 Å². The maximum atomic E-state index is 12.3. The topological polar surface area (TPSA) is 72.2 Å². The van der Waals surface area contributed by atoms with Crippen LogP contribution in [0, 0.1) is 6.92 Å². The molecule has 1 aromatic rings. The lowest BCUT2D eigenvalue weighted by molar-refractivity contribution is 0.557. The highest BCUT2D eigenvalue weighted by Gasteiger charge is 2.18. The number of nitrogens with one attached hydrogen (secondary N) is 1. The normalized spacial score (nSPS) is 13.2. The zero-order valence-corrected chi connectivity index (χ0v) is 14.3. The monoisotopic (exact) mass is 332 g/mol. The molecule has 0 saturated heterocycles. The van der Waals surface area contributed by atoms with E-state index in [1.165, 1.54) is 6.07 Å². The molecule has 1 unspecified atom stereocenters. The Hall–Kier alpha value is -0.630. The lowest BCUT2D eigenvalue weighted by Gasteiger charge is -2.14. The molecule has 0 aliphatic rings. The SMILES string of the molecule is CSCCC(C)NS(=O)(=O)c1ccc(C(N)=S)c(C)c1. The number of hydrogen-bond donors (Lipinski definition) is 2. The van der Waals surface area contributed by atoms with Crippen LogP contribution in [0.5, 0.6) is 0 Å². The van der Waals surface area contributed by atoms with Crippen LogP contribution in [0.2, 0.25) is 0 Å². The summed E-state index contributed by atoms with van der Waals surface area (Å²) in [5, 5.41) is 0. The number of benzene rings is 1. The summed E-state index contributed by atoms with van der Waals surface area (Å²) in [5.41, 5.74) is 7.04. The van der Waals surface area contributed by atoms with Gasteiger partial charge in [-0.3, -0.25) is 0 Å². The van der Waals surface area contributed by atoms with Crippen LogP contribution in [0.3, 0.4) is 0 Å². The highest BCUT2D eigenvalue weighted by atomic mass is 32.2. The molecule has 7 heteroatoms.